The minimum absolute atomic E-state index is 0.0363. The van der Waals surface area contributed by atoms with Gasteiger partial charge in [-0.1, -0.05) is 6.92 Å². The van der Waals surface area contributed by atoms with E-state index in [1.54, 1.807) is 0 Å². The van der Waals surface area contributed by atoms with Crippen LogP contribution in [0.4, 0.5) is 13.2 Å². The molecule has 0 bridgehead atoms. The summed E-state index contributed by atoms with van der Waals surface area (Å²) < 4.78 is 42.8. The fraction of sp³-hybridized carbons (Fsp3) is 0.700. The van der Waals surface area contributed by atoms with Crippen molar-refractivity contribution in [1.82, 2.24) is 9.78 Å². The highest BCUT2D eigenvalue weighted by atomic mass is 19.4. The van der Waals surface area contributed by atoms with E-state index >= 15 is 0 Å². The van der Waals surface area contributed by atoms with E-state index in [1.807, 2.05) is 13.8 Å². The van der Waals surface area contributed by atoms with Crippen molar-refractivity contribution in [1.29, 1.82) is 0 Å². The molecule has 0 aliphatic carbocycles. The van der Waals surface area contributed by atoms with Gasteiger partial charge in [0.2, 0.25) is 0 Å². The third kappa shape index (κ3) is 4.22. The van der Waals surface area contributed by atoms with Crippen LogP contribution >= 0.6 is 0 Å². The van der Waals surface area contributed by atoms with Crippen LogP contribution in [0.25, 0.3) is 0 Å². The Labute approximate surface area is 92.2 Å². The Hall–Kier alpha value is -1.04. The summed E-state index contributed by atoms with van der Waals surface area (Å²) in [5.41, 5.74) is 0.442. The topological polar surface area (TPSA) is 27.1 Å². The van der Waals surface area contributed by atoms with Crippen molar-refractivity contribution < 1.29 is 17.9 Å². The number of nitrogens with zero attached hydrogens (tertiary/aromatic N) is 2. The Morgan fingerprint density at radius 2 is 2.19 bits per heavy atom. The van der Waals surface area contributed by atoms with Crippen molar-refractivity contribution in [3.05, 3.63) is 18.0 Å². The molecule has 3 nitrogen and oxygen atoms in total. The number of alkyl halides is 3. The molecule has 1 aromatic heterocycles. The monoisotopic (exact) mass is 236 g/mol. The second-order valence-electron chi connectivity index (χ2n) is 3.63. The maximum atomic E-state index is 12.2. The normalized spacial score (nSPS) is 14.1. The van der Waals surface area contributed by atoms with Gasteiger partial charge < -0.3 is 4.74 Å². The molecule has 1 aromatic rings. The van der Waals surface area contributed by atoms with E-state index in [2.05, 4.69) is 5.10 Å². The molecule has 16 heavy (non-hydrogen) atoms. The van der Waals surface area contributed by atoms with Crippen LogP contribution in [0, 0.1) is 0 Å². The van der Waals surface area contributed by atoms with Crippen LogP contribution in [0.3, 0.4) is 0 Å². The molecule has 0 saturated heterocycles. The zero-order chi connectivity index (χ0) is 12.2. The number of aromatic nitrogens is 2. The molecule has 1 heterocycles. The molecule has 0 spiro atoms. The predicted molar refractivity (Wildman–Crippen MR) is 52.8 cm³/mol. The number of halogens is 3. The molecule has 0 aliphatic rings. The zero-order valence-electron chi connectivity index (χ0n) is 9.29. The molecule has 0 aromatic carbocycles. The predicted octanol–water partition coefficient (Wildman–Crippen LogP) is 2.76. The second kappa shape index (κ2) is 5.34. The van der Waals surface area contributed by atoms with Gasteiger partial charge >= 0.3 is 6.18 Å². The van der Waals surface area contributed by atoms with Crippen LogP contribution in [-0.2, 0) is 17.9 Å². The van der Waals surface area contributed by atoms with E-state index in [0.717, 1.165) is 11.1 Å². The van der Waals surface area contributed by atoms with Gasteiger partial charge in [0.1, 0.15) is 6.54 Å². The van der Waals surface area contributed by atoms with Crippen molar-refractivity contribution in [2.75, 3.05) is 0 Å². The molecule has 6 heteroatoms. The molecular weight excluding hydrogens is 221 g/mol. The number of ether oxygens (including phenoxy) is 1. The van der Waals surface area contributed by atoms with Crippen LogP contribution in [0.15, 0.2) is 12.3 Å². The largest absolute Gasteiger partial charge is 0.408 e. The summed E-state index contributed by atoms with van der Waals surface area (Å²) in [4.78, 5) is 0. The summed E-state index contributed by atoms with van der Waals surface area (Å²) in [7, 11) is 0. The Balaban J connectivity index is 2.57. The molecule has 92 valence electrons. The van der Waals surface area contributed by atoms with Crippen molar-refractivity contribution in [3.8, 4) is 0 Å². The van der Waals surface area contributed by atoms with Crippen molar-refractivity contribution >= 4 is 0 Å². The first-order chi connectivity index (χ1) is 7.42. The molecule has 0 unspecified atom stereocenters. The fourth-order valence-corrected chi connectivity index (χ4v) is 1.14. The molecule has 0 fully saturated rings. The summed E-state index contributed by atoms with van der Waals surface area (Å²) in [6.45, 7) is 2.92. The van der Waals surface area contributed by atoms with E-state index in [1.165, 1.54) is 12.3 Å². The maximum absolute atomic E-state index is 12.2. The second-order valence-corrected chi connectivity index (χ2v) is 3.63. The molecule has 0 saturated carbocycles. The van der Waals surface area contributed by atoms with Crippen LogP contribution in [0.1, 0.15) is 26.0 Å². The van der Waals surface area contributed by atoms with Gasteiger partial charge in [-0.3, -0.25) is 4.68 Å². The first-order valence-electron chi connectivity index (χ1n) is 5.11. The lowest BCUT2D eigenvalue weighted by Gasteiger charge is -2.13. The fourth-order valence-electron chi connectivity index (χ4n) is 1.14. The van der Waals surface area contributed by atoms with Gasteiger partial charge in [0.05, 0.1) is 18.4 Å². The molecule has 0 N–H and O–H groups in total. The van der Waals surface area contributed by atoms with Gasteiger partial charge in [-0.15, -0.1) is 0 Å². The van der Waals surface area contributed by atoms with E-state index in [-0.39, 0.29) is 12.7 Å². The Bertz CT molecular complexity index is 322. The molecule has 0 radical (unpaired) electrons. The van der Waals surface area contributed by atoms with Crippen LogP contribution in [-0.4, -0.2) is 22.1 Å². The summed E-state index contributed by atoms with van der Waals surface area (Å²) in [5.74, 6) is 0. The average Bonchev–Trinajstić information content (AvgIpc) is 2.59. The highest BCUT2D eigenvalue weighted by molar-refractivity contribution is 4.99. The average molecular weight is 236 g/mol. The van der Waals surface area contributed by atoms with Crippen molar-refractivity contribution in [2.24, 2.45) is 0 Å². The Morgan fingerprint density at radius 1 is 1.50 bits per heavy atom. The lowest BCUT2D eigenvalue weighted by Crippen LogP contribution is -2.21. The highest BCUT2D eigenvalue weighted by Crippen LogP contribution is 2.18. The molecule has 1 atom stereocenters. The Kier molecular flexibility index (Phi) is 4.35. The third-order valence-corrected chi connectivity index (χ3v) is 2.22. The smallest absolute Gasteiger partial charge is 0.372 e. The van der Waals surface area contributed by atoms with Gasteiger partial charge in [-0.25, -0.2) is 0 Å². The highest BCUT2D eigenvalue weighted by Gasteiger charge is 2.29. The van der Waals surface area contributed by atoms with Gasteiger partial charge in [-0.05, 0) is 19.4 Å². The van der Waals surface area contributed by atoms with E-state index < -0.39 is 12.7 Å². The number of hydrogen-bond donors (Lipinski definition) is 0. The first-order valence-corrected chi connectivity index (χ1v) is 5.11. The SMILES string of the molecule is CC[C@@H](C)OCc1ccnn1CC(F)(F)F. The van der Waals surface area contributed by atoms with Gasteiger partial charge in [0, 0.05) is 6.20 Å². The standard InChI is InChI=1S/C10H15F3N2O/c1-3-8(2)16-6-9-4-5-14-15(9)7-10(11,12)13/h4-5,8H,3,6-7H2,1-2H3/t8-/m1/s1. The first kappa shape index (κ1) is 13.0. The number of hydrogen-bond acceptors (Lipinski definition) is 2. The molecule has 0 amide bonds. The van der Waals surface area contributed by atoms with E-state index in [4.69, 9.17) is 4.74 Å². The van der Waals surface area contributed by atoms with E-state index in [9.17, 15) is 13.2 Å². The number of rotatable bonds is 5. The molecule has 0 aliphatic heterocycles. The lowest BCUT2D eigenvalue weighted by atomic mass is 10.3. The van der Waals surface area contributed by atoms with E-state index in [0.29, 0.717) is 5.69 Å². The van der Waals surface area contributed by atoms with Crippen molar-refractivity contribution in [2.45, 2.75) is 45.7 Å². The third-order valence-electron chi connectivity index (χ3n) is 2.22. The summed E-state index contributed by atoms with van der Waals surface area (Å²) in [6.07, 6.45) is -2.04. The maximum Gasteiger partial charge on any atom is 0.408 e. The zero-order valence-corrected chi connectivity index (χ0v) is 9.29. The summed E-state index contributed by atoms with van der Waals surface area (Å²) in [5, 5.41) is 3.62. The van der Waals surface area contributed by atoms with Crippen LogP contribution < -0.4 is 0 Å². The van der Waals surface area contributed by atoms with Crippen LogP contribution in [0.2, 0.25) is 0 Å². The molecule has 1 rings (SSSR count). The minimum atomic E-state index is -4.25. The summed E-state index contributed by atoms with van der Waals surface area (Å²) in [6, 6.07) is 1.54. The molecular formula is C10H15F3N2O. The summed E-state index contributed by atoms with van der Waals surface area (Å²) >= 11 is 0. The van der Waals surface area contributed by atoms with Crippen molar-refractivity contribution in [3.63, 3.8) is 0 Å². The van der Waals surface area contributed by atoms with Gasteiger partial charge in [0.25, 0.3) is 0 Å². The minimum Gasteiger partial charge on any atom is -0.372 e. The van der Waals surface area contributed by atoms with Crippen LogP contribution in [0.5, 0.6) is 0 Å². The Morgan fingerprint density at radius 3 is 2.75 bits per heavy atom. The quantitative estimate of drug-likeness (QED) is 0.786. The van der Waals surface area contributed by atoms with Gasteiger partial charge in [0.15, 0.2) is 0 Å². The lowest BCUT2D eigenvalue weighted by molar-refractivity contribution is -0.143. The van der Waals surface area contributed by atoms with Gasteiger partial charge in [-0.2, -0.15) is 18.3 Å².